The lowest BCUT2D eigenvalue weighted by Gasteiger charge is -2.24. The second-order valence-electron chi connectivity index (χ2n) is 5.32. The first-order valence-corrected chi connectivity index (χ1v) is 7.67. The molecule has 2 aromatic rings. The van der Waals surface area contributed by atoms with Gasteiger partial charge < -0.3 is 19.7 Å². The van der Waals surface area contributed by atoms with Gasteiger partial charge in [-0.2, -0.15) is 0 Å². The van der Waals surface area contributed by atoms with Crippen LogP contribution in [0.1, 0.15) is 5.56 Å². The van der Waals surface area contributed by atoms with Crippen molar-refractivity contribution in [3.05, 3.63) is 54.1 Å². The van der Waals surface area contributed by atoms with Gasteiger partial charge in [-0.15, -0.1) is 12.4 Å². The van der Waals surface area contributed by atoms with Gasteiger partial charge in [-0.3, -0.25) is 0 Å². The summed E-state index contributed by atoms with van der Waals surface area (Å²) in [7, 11) is 1.67. The maximum absolute atomic E-state index is 5.85. The largest absolute Gasteiger partial charge is 0.497 e. The average molecular weight is 335 g/mol. The van der Waals surface area contributed by atoms with Gasteiger partial charge in [0.05, 0.1) is 13.7 Å². The molecule has 0 fully saturated rings. The molecule has 2 aromatic carbocycles. The molecule has 23 heavy (non-hydrogen) atoms. The minimum absolute atomic E-state index is 0. The zero-order chi connectivity index (χ0) is 15.2. The van der Waals surface area contributed by atoms with Crippen LogP contribution in [0.25, 0.3) is 0 Å². The summed E-state index contributed by atoms with van der Waals surface area (Å²) in [6.07, 6.45) is 0. The lowest BCUT2D eigenvalue weighted by molar-refractivity contribution is 0.323. The third kappa shape index (κ3) is 4.53. The first kappa shape index (κ1) is 17.4. The summed E-state index contributed by atoms with van der Waals surface area (Å²) in [5, 5.41) is 3.46. The molecule has 0 atom stereocenters. The summed E-state index contributed by atoms with van der Waals surface area (Å²) in [4.78, 5) is 2.39. The van der Waals surface area contributed by atoms with E-state index in [4.69, 9.17) is 9.47 Å². The first-order chi connectivity index (χ1) is 10.9. The van der Waals surface area contributed by atoms with E-state index in [-0.39, 0.29) is 12.4 Å². The third-order valence-corrected chi connectivity index (χ3v) is 3.90. The summed E-state index contributed by atoms with van der Waals surface area (Å²) in [6.45, 7) is 4.48. The van der Waals surface area contributed by atoms with E-state index < -0.39 is 0 Å². The number of rotatable bonds is 5. The number of ether oxygens (including phenoxy) is 2. The number of fused-ring (bicyclic) bond motifs is 1. The summed E-state index contributed by atoms with van der Waals surface area (Å²) in [6, 6.07) is 16.3. The van der Waals surface area contributed by atoms with Crippen LogP contribution in [0.3, 0.4) is 0 Å². The van der Waals surface area contributed by atoms with E-state index in [1.165, 1.54) is 11.3 Å². The molecule has 0 amide bonds. The van der Waals surface area contributed by atoms with Crippen molar-refractivity contribution in [2.24, 2.45) is 0 Å². The van der Waals surface area contributed by atoms with Crippen molar-refractivity contribution in [2.45, 2.75) is 6.54 Å². The van der Waals surface area contributed by atoms with Crippen molar-refractivity contribution >= 4 is 18.1 Å². The van der Waals surface area contributed by atoms with Gasteiger partial charge in [-0.1, -0.05) is 18.2 Å². The Bertz CT molecular complexity index is 604. The van der Waals surface area contributed by atoms with Crippen LogP contribution in [-0.4, -0.2) is 33.4 Å². The molecule has 0 saturated carbocycles. The predicted molar refractivity (Wildman–Crippen MR) is 96.1 cm³/mol. The Morgan fingerprint density at radius 1 is 1.04 bits per heavy atom. The van der Waals surface area contributed by atoms with Crippen LogP contribution in [0.2, 0.25) is 0 Å². The minimum atomic E-state index is 0. The zero-order valence-corrected chi connectivity index (χ0v) is 14.1. The maximum atomic E-state index is 5.85. The number of nitrogens with one attached hydrogen (secondary N) is 1. The molecule has 1 aliphatic heterocycles. The zero-order valence-electron chi connectivity index (χ0n) is 13.3. The molecule has 0 radical (unpaired) electrons. The van der Waals surface area contributed by atoms with Crippen molar-refractivity contribution in [3.8, 4) is 11.5 Å². The second kappa shape index (κ2) is 8.65. The van der Waals surface area contributed by atoms with Crippen LogP contribution in [-0.2, 0) is 6.54 Å². The molecule has 1 aliphatic rings. The molecule has 0 aromatic heterocycles. The molecule has 1 N–H and O–H groups in total. The van der Waals surface area contributed by atoms with Crippen LogP contribution in [0.4, 0.5) is 5.69 Å². The fraction of sp³-hybridized carbons (Fsp3) is 0.333. The van der Waals surface area contributed by atoms with Gasteiger partial charge in [0.15, 0.2) is 0 Å². The molecule has 3 rings (SSSR count). The number of methoxy groups -OCH3 is 1. The van der Waals surface area contributed by atoms with Crippen LogP contribution >= 0.6 is 12.4 Å². The molecule has 0 spiro atoms. The Kier molecular flexibility index (Phi) is 6.56. The highest BCUT2D eigenvalue weighted by atomic mass is 35.5. The van der Waals surface area contributed by atoms with E-state index in [9.17, 15) is 0 Å². The Balaban J connectivity index is 0.00000192. The van der Waals surface area contributed by atoms with E-state index in [1.807, 2.05) is 24.3 Å². The highest BCUT2D eigenvalue weighted by Crippen LogP contribution is 2.22. The number of hydrogen-bond donors (Lipinski definition) is 1. The number of hydrogen-bond acceptors (Lipinski definition) is 4. The monoisotopic (exact) mass is 334 g/mol. The second-order valence-corrected chi connectivity index (χ2v) is 5.32. The predicted octanol–water partition coefficient (Wildman–Crippen LogP) is 3.11. The highest BCUT2D eigenvalue weighted by molar-refractivity contribution is 5.85. The van der Waals surface area contributed by atoms with E-state index in [0.717, 1.165) is 37.7 Å². The standard InChI is InChI=1S/C18H22N2O2.ClH/c1-21-16-6-8-17(9-7-16)22-13-12-20-11-10-19-14-15-4-2-3-5-18(15)20;/h2-9,19H,10-14H2,1H3;1H. The quantitative estimate of drug-likeness (QED) is 0.911. The van der Waals surface area contributed by atoms with E-state index in [0.29, 0.717) is 6.61 Å². The fourth-order valence-electron chi connectivity index (χ4n) is 2.70. The third-order valence-electron chi connectivity index (χ3n) is 3.90. The van der Waals surface area contributed by atoms with Crippen molar-refractivity contribution in [1.82, 2.24) is 5.32 Å². The van der Waals surface area contributed by atoms with E-state index >= 15 is 0 Å². The first-order valence-electron chi connectivity index (χ1n) is 7.67. The van der Waals surface area contributed by atoms with Gasteiger partial charge in [0.2, 0.25) is 0 Å². The van der Waals surface area contributed by atoms with Crippen molar-refractivity contribution in [1.29, 1.82) is 0 Å². The molecular formula is C18H23ClN2O2. The number of anilines is 1. The number of nitrogens with zero attached hydrogens (tertiary/aromatic N) is 1. The van der Waals surface area contributed by atoms with Gasteiger partial charge in [0.1, 0.15) is 18.1 Å². The minimum Gasteiger partial charge on any atom is -0.497 e. The summed E-state index contributed by atoms with van der Waals surface area (Å²) >= 11 is 0. The smallest absolute Gasteiger partial charge is 0.119 e. The molecule has 0 aliphatic carbocycles. The van der Waals surface area contributed by atoms with Crippen molar-refractivity contribution < 1.29 is 9.47 Å². The van der Waals surface area contributed by atoms with Crippen LogP contribution < -0.4 is 19.7 Å². The van der Waals surface area contributed by atoms with Gasteiger partial charge in [0.25, 0.3) is 0 Å². The molecule has 5 heteroatoms. The summed E-state index contributed by atoms with van der Waals surface area (Å²) in [5.74, 6) is 1.72. The number of para-hydroxylation sites is 1. The van der Waals surface area contributed by atoms with Crippen LogP contribution in [0, 0.1) is 0 Å². The summed E-state index contributed by atoms with van der Waals surface area (Å²) < 4.78 is 11.0. The van der Waals surface area contributed by atoms with Gasteiger partial charge in [-0.05, 0) is 35.9 Å². The molecule has 124 valence electrons. The lowest BCUT2D eigenvalue weighted by Crippen LogP contribution is -2.32. The number of benzene rings is 2. The normalized spacial score (nSPS) is 13.5. The van der Waals surface area contributed by atoms with Gasteiger partial charge in [-0.25, -0.2) is 0 Å². The Hall–Kier alpha value is -1.91. The molecule has 4 nitrogen and oxygen atoms in total. The van der Waals surface area contributed by atoms with Crippen molar-refractivity contribution in [3.63, 3.8) is 0 Å². The lowest BCUT2D eigenvalue weighted by atomic mass is 10.1. The fourth-order valence-corrected chi connectivity index (χ4v) is 2.70. The highest BCUT2D eigenvalue weighted by Gasteiger charge is 2.13. The SMILES string of the molecule is COc1ccc(OCCN2CCNCc3ccccc32)cc1.Cl. The molecule has 0 saturated heterocycles. The molecule has 0 bridgehead atoms. The molecule has 1 heterocycles. The summed E-state index contributed by atoms with van der Waals surface area (Å²) in [5.41, 5.74) is 2.66. The van der Waals surface area contributed by atoms with E-state index in [2.05, 4.69) is 34.5 Å². The average Bonchev–Trinajstić information content (AvgIpc) is 2.78. The Labute approximate surface area is 143 Å². The van der Waals surface area contributed by atoms with Crippen molar-refractivity contribution in [2.75, 3.05) is 38.3 Å². The Morgan fingerprint density at radius 2 is 1.78 bits per heavy atom. The maximum Gasteiger partial charge on any atom is 0.119 e. The van der Waals surface area contributed by atoms with E-state index in [1.54, 1.807) is 7.11 Å². The topological polar surface area (TPSA) is 33.7 Å². The van der Waals surface area contributed by atoms with Crippen LogP contribution in [0.5, 0.6) is 11.5 Å². The molecular weight excluding hydrogens is 312 g/mol. The Morgan fingerprint density at radius 3 is 2.57 bits per heavy atom. The number of halogens is 1. The van der Waals surface area contributed by atoms with Gasteiger partial charge >= 0.3 is 0 Å². The van der Waals surface area contributed by atoms with Gasteiger partial charge in [0, 0.05) is 25.3 Å². The van der Waals surface area contributed by atoms with Crippen LogP contribution in [0.15, 0.2) is 48.5 Å². The molecule has 0 unspecified atom stereocenters.